The molecule has 0 aliphatic heterocycles. The summed E-state index contributed by atoms with van der Waals surface area (Å²) in [6.45, 7) is 8.43. The van der Waals surface area contributed by atoms with Crippen LogP contribution in [0.5, 0.6) is 0 Å². The number of methoxy groups -OCH3 is 1. The van der Waals surface area contributed by atoms with Crippen molar-refractivity contribution in [3.8, 4) is 0 Å². The molecule has 0 aromatic heterocycles. The first-order valence-electron chi connectivity index (χ1n) is 5.67. The standard InChI is InChI=1S/C11H26N2O/c1-4-13(9-10-14-3)8-6-5-7-11(2)12/h11H,4-10,12H2,1-3H3. The lowest BCUT2D eigenvalue weighted by Gasteiger charge is -2.19. The molecule has 0 spiro atoms. The fourth-order valence-electron chi connectivity index (χ4n) is 1.45. The van der Waals surface area contributed by atoms with Gasteiger partial charge in [0, 0.05) is 19.7 Å². The first-order valence-corrected chi connectivity index (χ1v) is 5.67. The number of nitrogens with two attached hydrogens (primary N) is 1. The van der Waals surface area contributed by atoms with Crippen molar-refractivity contribution in [2.75, 3.05) is 33.4 Å². The predicted molar refractivity (Wildman–Crippen MR) is 61.5 cm³/mol. The van der Waals surface area contributed by atoms with Crippen molar-refractivity contribution in [1.82, 2.24) is 4.90 Å². The number of unbranched alkanes of at least 4 members (excludes halogenated alkanes) is 1. The summed E-state index contributed by atoms with van der Waals surface area (Å²) in [7, 11) is 1.75. The number of hydrogen-bond acceptors (Lipinski definition) is 3. The average Bonchev–Trinajstić information content (AvgIpc) is 2.16. The summed E-state index contributed by atoms with van der Waals surface area (Å²) in [6.07, 6.45) is 3.63. The Kier molecular flexibility index (Phi) is 9.35. The van der Waals surface area contributed by atoms with Crippen molar-refractivity contribution >= 4 is 0 Å². The van der Waals surface area contributed by atoms with Crippen molar-refractivity contribution in [1.29, 1.82) is 0 Å². The summed E-state index contributed by atoms with van der Waals surface area (Å²) in [5.74, 6) is 0. The van der Waals surface area contributed by atoms with Crippen LogP contribution in [0.4, 0.5) is 0 Å². The minimum atomic E-state index is 0.351. The Bertz CT molecular complexity index is 118. The molecular weight excluding hydrogens is 176 g/mol. The van der Waals surface area contributed by atoms with Crippen molar-refractivity contribution in [2.45, 2.75) is 39.2 Å². The van der Waals surface area contributed by atoms with Gasteiger partial charge in [-0.15, -0.1) is 0 Å². The van der Waals surface area contributed by atoms with Crippen LogP contribution in [0.1, 0.15) is 33.1 Å². The zero-order valence-electron chi connectivity index (χ0n) is 9.96. The molecule has 14 heavy (non-hydrogen) atoms. The zero-order valence-corrected chi connectivity index (χ0v) is 9.96. The fourth-order valence-corrected chi connectivity index (χ4v) is 1.45. The van der Waals surface area contributed by atoms with Gasteiger partial charge in [-0.2, -0.15) is 0 Å². The number of nitrogens with zero attached hydrogens (tertiary/aromatic N) is 1. The van der Waals surface area contributed by atoms with E-state index in [2.05, 4.69) is 18.7 Å². The molecule has 3 nitrogen and oxygen atoms in total. The van der Waals surface area contributed by atoms with E-state index in [1.165, 1.54) is 19.4 Å². The minimum absolute atomic E-state index is 0.351. The quantitative estimate of drug-likeness (QED) is 0.575. The summed E-state index contributed by atoms with van der Waals surface area (Å²) in [6, 6.07) is 0.351. The second-order valence-electron chi connectivity index (χ2n) is 3.90. The molecule has 1 unspecified atom stereocenters. The second kappa shape index (κ2) is 9.44. The van der Waals surface area contributed by atoms with Crippen molar-refractivity contribution in [2.24, 2.45) is 5.73 Å². The summed E-state index contributed by atoms with van der Waals surface area (Å²) < 4.78 is 5.06. The van der Waals surface area contributed by atoms with Crippen LogP contribution < -0.4 is 5.73 Å². The van der Waals surface area contributed by atoms with Crippen LogP contribution in [0.2, 0.25) is 0 Å². The number of ether oxygens (including phenoxy) is 1. The maximum absolute atomic E-state index is 5.69. The van der Waals surface area contributed by atoms with Crippen LogP contribution in [0.25, 0.3) is 0 Å². The predicted octanol–water partition coefficient (Wildman–Crippen LogP) is 1.47. The summed E-state index contributed by atoms with van der Waals surface area (Å²) in [4.78, 5) is 2.42. The van der Waals surface area contributed by atoms with Gasteiger partial charge in [0.25, 0.3) is 0 Å². The van der Waals surface area contributed by atoms with Crippen LogP contribution in [-0.2, 0) is 4.74 Å². The molecular formula is C11H26N2O. The first kappa shape index (κ1) is 13.9. The van der Waals surface area contributed by atoms with Crippen LogP contribution in [0.15, 0.2) is 0 Å². The third-order valence-electron chi connectivity index (χ3n) is 2.44. The lowest BCUT2D eigenvalue weighted by atomic mass is 10.1. The highest BCUT2D eigenvalue weighted by molar-refractivity contribution is 4.58. The van der Waals surface area contributed by atoms with E-state index in [0.717, 1.165) is 26.1 Å². The van der Waals surface area contributed by atoms with Gasteiger partial charge in [-0.05, 0) is 32.9 Å². The second-order valence-corrected chi connectivity index (χ2v) is 3.90. The van der Waals surface area contributed by atoms with Gasteiger partial charge in [-0.25, -0.2) is 0 Å². The topological polar surface area (TPSA) is 38.5 Å². The molecule has 2 N–H and O–H groups in total. The Morgan fingerprint density at radius 1 is 1.29 bits per heavy atom. The molecule has 0 aliphatic carbocycles. The van der Waals surface area contributed by atoms with Crippen molar-refractivity contribution < 1.29 is 4.74 Å². The summed E-state index contributed by atoms with van der Waals surface area (Å²) in [5.41, 5.74) is 5.69. The van der Waals surface area contributed by atoms with Crippen molar-refractivity contribution in [3.63, 3.8) is 0 Å². The van der Waals surface area contributed by atoms with E-state index in [-0.39, 0.29) is 0 Å². The molecule has 0 bridgehead atoms. The van der Waals surface area contributed by atoms with E-state index in [1.807, 2.05) is 0 Å². The fraction of sp³-hybridized carbons (Fsp3) is 1.00. The molecule has 0 rings (SSSR count). The molecule has 1 atom stereocenters. The van der Waals surface area contributed by atoms with Crippen LogP contribution in [0, 0.1) is 0 Å². The van der Waals surface area contributed by atoms with Crippen LogP contribution >= 0.6 is 0 Å². The molecule has 0 aliphatic rings. The smallest absolute Gasteiger partial charge is 0.0589 e. The molecule has 0 radical (unpaired) electrons. The highest BCUT2D eigenvalue weighted by atomic mass is 16.5. The van der Waals surface area contributed by atoms with Gasteiger partial charge in [0.05, 0.1) is 6.61 Å². The van der Waals surface area contributed by atoms with Gasteiger partial charge in [0.2, 0.25) is 0 Å². The zero-order chi connectivity index (χ0) is 10.8. The van der Waals surface area contributed by atoms with Crippen LogP contribution in [-0.4, -0.2) is 44.3 Å². The van der Waals surface area contributed by atoms with Gasteiger partial charge in [0.15, 0.2) is 0 Å². The molecule has 0 heterocycles. The average molecular weight is 202 g/mol. The van der Waals surface area contributed by atoms with E-state index < -0.39 is 0 Å². The Labute approximate surface area is 88.6 Å². The Morgan fingerprint density at radius 3 is 2.50 bits per heavy atom. The molecule has 0 aromatic rings. The lowest BCUT2D eigenvalue weighted by Crippen LogP contribution is -2.28. The largest absolute Gasteiger partial charge is 0.383 e. The number of rotatable bonds is 9. The molecule has 0 saturated carbocycles. The Hall–Kier alpha value is -0.120. The van der Waals surface area contributed by atoms with E-state index in [1.54, 1.807) is 7.11 Å². The van der Waals surface area contributed by atoms with Gasteiger partial charge in [-0.3, -0.25) is 0 Å². The normalized spacial score (nSPS) is 13.5. The molecule has 0 amide bonds. The molecule has 86 valence electrons. The third-order valence-corrected chi connectivity index (χ3v) is 2.44. The van der Waals surface area contributed by atoms with Gasteiger partial charge in [-0.1, -0.05) is 13.3 Å². The Balaban J connectivity index is 3.33. The maximum Gasteiger partial charge on any atom is 0.0589 e. The van der Waals surface area contributed by atoms with Gasteiger partial charge < -0.3 is 15.4 Å². The Morgan fingerprint density at radius 2 is 2.00 bits per heavy atom. The maximum atomic E-state index is 5.69. The lowest BCUT2D eigenvalue weighted by molar-refractivity contribution is 0.149. The minimum Gasteiger partial charge on any atom is -0.383 e. The van der Waals surface area contributed by atoms with Gasteiger partial charge >= 0.3 is 0 Å². The monoisotopic (exact) mass is 202 g/mol. The molecule has 0 saturated heterocycles. The number of hydrogen-bond donors (Lipinski definition) is 1. The van der Waals surface area contributed by atoms with E-state index in [4.69, 9.17) is 10.5 Å². The summed E-state index contributed by atoms with van der Waals surface area (Å²) >= 11 is 0. The summed E-state index contributed by atoms with van der Waals surface area (Å²) in [5, 5.41) is 0. The first-order chi connectivity index (χ1) is 6.70. The van der Waals surface area contributed by atoms with E-state index in [0.29, 0.717) is 6.04 Å². The van der Waals surface area contributed by atoms with E-state index in [9.17, 15) is 0 Å². The van der Waals surface area contributed by atoms with Crippen molar-refractivity contribution in [3.05, 3.63) is 0 Å². The highest BCUT2D eigenvalue weighted by Crippen LogP contribution is 2.00. The molecule has 0 aromatic carbocycles. The number of likely N-dealkylation sites (N-methyl/N-ethyl adjacent to an activating group) is 1. The molecule has 3 heteroatoms. The molecule has 0 fully saturated rings. The van der Waals surface area contributed by atoms with Gasteiger partial charge in [0.1, 0.15) is 0 Å². The highest BCUT2D eigenvalue weighted by Gasteiger charge is 2.01. The SMILES string of the molecule is CCN(CCCCC(C)N)CCOC. The van der Waals surface area contributed by atoms with E-state index >= 15 is 0 Å². The van der Waals surface area contributed by atoms with Crippen LogP contribution in [0.3, 0.4) is 0 Å². The third kappa shape index (κ3) is 8.48.